The van der Waals surface area contributed by atoms with E-state index >= 15 is 0 Å². The molecule has 0 radical (unpaired) electrons. The maximum Gasteiger partial charge on any atom is 0.306 e. The molecule has 0 N–H and O–H groups in total. The molecule has 3 heteroatoms. The molecule has 0 aromatic carbocycles. The minimum atomic E-state index is -0.125. The average Bonchev–Trinajstić information content (AvgIpc) is 2.03. The van der Waals surface area contributed by atoms with E-state index in [0.29, 0.717) is 13.0 Å². The van der Waals surface area contributed by atoms with Crippen molar-refractivity contribution >= 4 is 28.6 Å². The molecule has 0 bridgehead atoms. The van der Waals surface area contributed by atoms with Crippen molar-refractivity contribution in [2.24, 2.45) is 5.92 Å². The second-order valence-electron chi connectivity index (χ2n) is 3.12. The standard InChI is InChI=1S/C11H17IO2/c1-4-14-11(13)8-9(2)6-5-7-10(3)12/h5-7,9H,4,8H2,1-3H3/b6-5+,10-7-/t9-/m0/s1. The molecule has 0 aromatic heterocycles. The lowest BCUT2D eigenvalue weighted by Crippen LogP contribution is -2.07. The maximum atomic E-state index is 11.1. The molecule has 2 nitrogen and oxygen atoms in total. The normalized spacial score (nSPS) is 14.4. The smallest absolute Gasteiger partial charge is 0.306 e. The monoisotopic (exact) mass is 308 g/mol. The predicted octanol–water partition coefficient (Wildman–Crippen LogP) is 3.47. The number of halogens is 1. The summed E-state index contributed by atoms with van der Waals surface area (Å²) in [4.78, 5) is 11.1. The van der Waals surface area contributed by atoms with Crippen molar-refractivity contribution in [3.8, 4) is 0 Å². The van der Waals surface area contributed by atoms with Gasteiger partial charge >= 0.3 is 5.97 Å². The summed E-state index contributed by atoms with van der Waals surface area (Å²) in [5.74, 6) is 0.112. The molecule has 0 spiro atoms. The van der Waals surface area contributed by atoms with Gasteiger partial charge in [0.1, 0.15) is 0 Å². The van der Waals surface area contributed by atoms with Crippen LogP contribution >= 0.6 is 22.6 Å². The van der Waals surface area contributed by atoms with Crippen LogP contribution in [0, 0.1) is 5.92 Å². The van der Waals surface area contributed by atoms with Crippen LogP contribution in [0.5, 0.6) is 0 Å². The van der Waals surface area contributed by atoms with Gasteiger partial charge in [0, 0.05) is 0 Å². The summed E-state index contributed by atoms with van der Waals surface area (Å²) in [7, 11) is 0. The van der Waals surface area contributed by atoms with Crippen molar-refractivity contribution in [2.45, 2.75) is 27.2 Å². The molecule has 0 amide bonds. The molecule has 0 aliphatic carbocycles. The molecule has 0 aromatic rings. The fraction of sp³-hybridized carbons (Fsp3) is 0.545. The minimum absolute atomic E-state index is 0.125. The number of allylic oxidation sites excluding steroid dienone is 4. The summed E-state index contributed by atoms with van der Waals surface area (Å²) in [5.41, 5.74) is 0. The van der Waals surface area contributed by atoms with Crippen molar-refractivity contribution < 1.29 is 9.53 Å². The molecule has 1 atom stereocenters. The lowest BCUT2D eigenvalue weighted by atomic mass is 10.1. The summed E-state index contributed by atoms with van der Waals surface area (Å²) < 4.78 is 6.07. The summed E-state index contributed by atoms with van der Waals surface area (Å²) >= 11 is 2.25. The van der Waals surface area contributed by atoms with E-state index in [2.05, 4.69) is 22.6 Å². The number of carbonyl (C=O) groups is 1. The Labute approximate surface area is 99.5 Å². The van der Waals surface area contributed by atoms with Gasteiger partial charge in [0.05, 0.1) is 13.0 Å². The molecule has 0 rings (SSSR count). The van der Waals surface area contributed by atoms with Crippen LogP contribution in [0.15, 0.2) is 21.8 Å². The molecule has 0 unspecified atom stereocenters. The summed E-state index contributed by atoms with van der Waals surface area (Å²) in [6.45, 7) is 6.31. The van der Waals surface area contributed by atoms with E-state index in [-0.39, 0.29) is 11.9 Å². The Balaban J connectivity index is 3.86. The van der Waals surface area contributed by atoms with Crippen LogP contribution in [-0.4, -0.2) is 12.6 Å². The Morgan fingerprint density at radius 2 is 2.21 bits per heavy atom. The summed E-state index contributed by atoms with van der Waals surface area (Å²) in [5, 5.41) is 0. The van der Waals surface area contributed by atoms with Crippen LogP contribution in [0.4, 0.5) is 0 Å². The highest BCUT2D eigenvalue weighted by Gasteiger charge is 2.05. The Morgan fingerprint density at radius 1 is 1.57 bits per heavy atom. The Morgan fingerprint density at radius 3 is 2.71 bits per heavy atom. The minimum Gasteiger partial charge on any atom is -0.466 e. The zero-order chi connectivity index (χ0) is 11.0. The topological polar surface area (TPSA) is 26.3 Å². The molecule has 0 aliphatic heterocycles. The number of rotatable bonds is 5. The quantitative estimate of drug-likeness (QED) is 0.442. The van der Waals surface area contributed by atoms with Gasteiger partial charge in [-0.25, -0.2) is 0 Å². The van der Waals surface area contributed by atoms with Gasteiger partial charge in [-0.2, -0.15) is 0 Å². The number of hydrogen-bond donors (Lipinski definition) is 0. The number of esters is 1. The molecule has 0 heterocycles. The number of carbonyl (C=O) groups excluding carboxylic acids is 1. The highest BCUT2D eigenvalue weighted by atomic mass is 127. The van der Waals surface area contributed by atoms with Crippen molar-refractivity contribution in [1.82, 2.24) is 0 Å². The Kier molecular flexibility index (Phi) is 7.84. The third-order valence-corrected chi connectivity index (χ3v) is 1.92. The number of hydrogen-bond acceptors (Lipinski definition) is 2. The first kappa shape index (κ1) is 13.7. The fourth-order valence-corrected chi connectivity index (χ4v) is 1.14. The van der Waals surface area contributed by atoms with E-state index in [1.807, 2.05) is 39.0 Å². The van der Waals surface area contributed by atoms with Gasteiger partial charge in [-0.15, -0.1) is 0 Å². The second-order valence-corrected chi connectivity index (χ2v) is 4.83. The van der Waals surface area contributed by atoms with E-state index in [0.717, 1.165) is 0 Å². The molecule has 0 fully saturated rings. The SMILES string of the molecule is CCOC(=O)C[C@@H](C)/C=C/C=C(/C)I. The third-order valence-electron chi connectivity index (χ3n) is 1.56. The number of ether oxygens (including phenoxy) is 1. The zero-order valence-electron chi connectivity index (χ0n) is 8.92. The first-order chi connectivity index (χ1) is 6.56. The lowest BCUT2D eigenvalue weighted by Gasteiger charge is -2.04. The Hall–Kier alpha value is -0.320. The van der Waals surface area contributed by atoms with Gasteiger partial charge in [-0.1, -0.05) is 25.2 Å². The van der Waals surface area contributed by atoms with Crippen LogP contribution < -0.4 is 0 Å². The maximum absolute atomic E-state index is 11.1. The molecular formula is C11H17IO2. The van der Waals surface area contributed by atoms with Gasteiger partial charge in [-0.3, -0.25) is 4.79 Å². The van der Waals surface area contributed by atoms with Gasteiger partial charge in [0.25, 0.3) is 0 Å². The van der Waals surface area contributed by atoms with E-state index in [4.69, 9.17) is 4.74 Å². The van der Waals surface area contributed by atoms with Crippen LogP contribution in [0.25, 0.3) is 0 Å². The highest BCUT2D eigenvalue weighted by Crippen LogP contribution is 2.07. The third kappa shape index (κ3) is 8.29. The fourth-order valence-electron chi connectivity index (χ4n) is 0.929. The molecule has 80 valence electrons. The van der Waals surface area contributed by atoms with Crippen molar-refractivity contribution in [1.29, 1.82) is 0 Å². The summed E-state index contributed by atoms with van der Waals surface area (Å²) in [6.07, 6.45) is 6.46. The second kappa shape index (κ2) is 8.03. The van der Waals surface area contributed by atoms with Crippen molar-refractivity contribution in [3.05, 3.63) is 21.8 Å². The van der Waals surface area contributed by atoms with E-state index in [9.17, 15) is 4.79 Å². The van der Waals surface area contributed by atoms with Gasteiger partial charge in [0.2, 0.25) is 0 Å². The van der Waals surface area contributed by atoms with E-state index < -0.39 is 0 Å². The van der Waals surface area contributed by atoms with Crippen molar-refractivity contribution in [2.75, 3.05) is 6.61 Å². The molecule has 0 saturated carbocycles. The van der Waals surface area contributed by atoms with Crippen LogP contribution in [0.2, 0.25) is 0 Å². The molecular weight excluding hydrogens is 291 g/mol. The van der Waals surface area contributed by atoms with Crippen LogP contribution in [0.1, 0.15) is 27.2 Å². The van der Waals surface area contributed by atoms with Gasteiger partial charge in [0.15, 0.2) is 0 Å². The van der Waals surface area contributed by atoms with Crippen molar-refractivity contribution in [3.63, 3.8) is 0 Å². The largest absolute Gasteiger partial charge is 0.466 e. The average molecular weight is 308 g/mol. The first-order valence-electron chi connectivity index (χ1n) is 4.72. The highest BCUT2D eigenvalue weighted by molar-refractivity contribution is 14.1. The lowest BCUT2D eigenvalue weighted by molar-refractivity contribution is -0.143. The van der Waals surface area contributed by atoms with E-state index in [1.54, 1.807) is 0 Å². The van der Waals surface area contributed by atoms with Crippen LogP contribution in [-0.2, 0) is 9.53 Å². The Bertz CT molecular complexity index is 227. The molecule has 0 aliphatic rings. The van der Waals surface area contributed by atoms with Gasteiger partial charge < -0.3 is 4.74 Å². The van der Waals surface area contributed by atoms with Gasteiger partial charge in [-0.05, 0) is 45.9 Å². The zero-order valence-corrected chi connectivity index (χ0v) is 11.1. The molecule has 0 saturated heterocycles. The van der Waals surface area contributed by atoms with Crippen LogP contribution in [0.3, 0.4) is 0 Å². The molecule has 14 heavy (non-hydrogen) atoms. The first-order valence-corrected chi connectivity index (χ1v) is 5.80. The predicted molar refractivity (Wildman–Crippen MR) is 67.3 cm³/mol. The van der Waals surface area contributed by atoms with E-state index in [1.165, 1.54) is 3.58 Å². The summed E-state index contributed by atoms with van der Waals surface area (Å²) in [6, 6.07) is 0.